The van der Waals surface area contributed by atoms with Crippen molar-refractivity contribution in [2.75, 3.05) is 19.1 Å². The van der Waals surface area contributed by atoms with E-state index in [1.165, 1.54) is 30.5 Å². The van der Waals surface area contributed by atoms with Gasteiger partial charge in [-0.3, -0.25) is 14.5 Å². The standard InChI is InChI=1S/C26H25NO5S/c1-14-9-10-17(13-16(14)3)27-22(25-15(2)11-12-33-25)21(24(29)26(27)30)23(28)20-18(31-4)7-6-8-19(20)32-5/h6-13,22,28H,1-5H3/b23-21+. The van der Waals surface area contributed by atoms with Gasteiger partial charge in [0.25, 0.3) is 11.7 Å². The smallest absolute Gasteiger partial charge is 0.300 e. The number of carbonyl (C=O) groups is 2. The minimum atomic E-state index is -0.776. The monoisotopic (exact) mass is 463 g/mol. The van der Waals surface area contributed by atoms with Crippen LogP contribution >= 0.6 is 11.3 Å². The van der Waals surface area contributed by atoms with E-state index in [1.54, 1.807) is 18.2 Å². The molecule has 1 atom stereocenters. The molecule has 0 radical (unpaired) electrons. The van der Waals surface area contributed by atoms with E-state index in [4.69, 9.17) is 9.47 Å². The molecular formula is C26H25NO5S. The minimum absolute atomic E-state index is 0.00609. The van der Waals surface area contributed by atoms with Gasteiger partial charge < -0.3 is 14.6 Å². The van der Waals surface area contributed by atoms with Gasteiger partial charge in [0, 0.05) is 10.6 Å². The molecule has 6 nitrogen and oxygen atoms in total. The van der Waals surface area contributed by atoms with Crippen molar-refractivity contribution in [3.05, 3.63) is 80.5 Å². The summed E-state index contributed by atoms with van der Waals surface area (Å²) in [5.74, 6) is -1.09. The number of ketones is 1. The van der Waals surface area contributed by atoms with Crippen molar-refractivity contribution in [2.45, 2.75) is 26.8 Å². The average Bonchev–Trinajstić information content (AvgIpc) is 3.34. The number of hydrogen-bond donors (Lipinski definition) is 1. The highest BCUT2D eigenvalue weighted by molar-refractivity contribution is 7.10. The molecule has 1 N–H and O–H groups in total. The van der Waals surface area contributed by atoms with E-state index >= 15 is 0 Å². The number of benzene rings is 2. The third-order valence-corrected chi connectivity index (χ3v) is 7.10. The van der Waals surface area contributed by atoms with Gasteiger partial charge in [-0.15, -0.1) is 11.3 Å². The summed E-state index contributed by atoms with van der Waals surface area (Å²) in [5, 5.41) is 13.4. The maximum absolute atomic E-state index is 13.4. The van der Waals surface area contributed by atoms with Gasteiger partial charge in [0.15, 0.2) is 0 Å². The Morgan fingerprint density at radius 1 is 0.939 bits per heavy atom. The number of ether oxygens (including phenoxy) is 2. The first-order valence-corrected chi connectivity index (χ1v) is 11.3. The summed E-state index contributed by atoms with van der Waals surface area (Å²) >= 11 is 1.44. The lowest BCUT2D eigenvalue weighted by molar-refractivity contribution is -0.132. The van der Waals surface area contributed by atoms with Gasteiger partial charge in [-0.25, -0.2) is 0 Å². The Bertz CT molecular complexity index is 1270. The summed E-state index contributed by atoms with van der Waals surface area (Å²) in [5.41, 5.74) is 3.86. The average molecular weight is 464 g/mol. The van der Waals surface area contributed by atoms with E-state index in [0.29, 0.717) is 17.2 Å². The van der Waals surface area contributed by atoms with Crippen LogP contribution in [0.25, 0.3) is 5.76 Å². The Labute approximate surface area is 196 Å². The van der Waals surface area contributed by atoms with Crippen molar-refractivity contribution >= 4 is 34.5 Å². The molecule has 1 amide bonds. The molecule has 1 unspecified atom stereocenters. The first kappa shape index (κ1) is 22.6. The third-order valence-electron chi connectivity index (χ3n) is 6.03. The summed E-state index contributed by atoms with van der Waals surface area (Å²) in [7, 11) is 2.94. The Kier molecular flexibility index (Phi) is 5.99. The van der Waals surface area contributed by atoms with Crippen molar-refractivity contribution in [3.63, 3.8) is 0 Å². The number of anilines is 1. The molecule has 4 rings (SSSR count). The van der Waals surface area contributed by atoms with Gasteiger partial charge in [0.1, 0.15) is 28.9 Å². The number of nitrogens with zero attached hydrogens (tertiary/aromatic N) is 1. The molecule has 0 aliphatic carbocycles. The fraction of sp³-hybridized carbons (Fsp3) is 0.231. The second-order valence-corrected chi connectivity index (χ2v) is 8.89. The van der Waals surface area contributed by atoms with Crippen LogP contribution in [0.5, 0.6) is 11.5 Å². The number of rotatable bonds is 5. The normalized spacial score (nSPS) is 17.5. The van der Waals surface area contributed by atoms with E-state index in [0.717, 1.165) is 21.6 Å². The first-order chi connectivity index (χ1) is 15.8. The summed E-state index contributed by atoms with van der Waals surface area (Å²) < 4.78 is 10.9. The van der Waals surface area contributed by atoms with Crippen molar-refractivity contribution in [1.29, 1.82) is 0 Å². The van der Waals surface area contributed by atoms with Crippen LogP contribution in [0.2, 0.25) is 0 Å². The van der Waals surface area contributed by atoms with Crippen LogP contribution in [0.15, 0.2) is 53.4 Å². The molecule has 1 saturated heterocycles. The summed E-state index contributed by atoms with van der Waals surface area (Å²) in [6, 6.07) is 11.9. The summed E-state index contributed by atoms with van der Waals surface area (Å²) in [4.78, 5) is 29.0. The van der Waals surface area contributed by atoms with Crippen molar-refractivity contribution in [2.24, 2.45) is 0 Å². The lowest BCUT2D eigenvalue weighted by Crippen LogP contribution is -2.29. The molecule has 33 heavy (non-hydrogen) atoms. The lowest BCUT2D eigenvalue weighted by Gasteiger charge is -2.26. The quantitative estimate of drug-likeness (QED) is 0.315. The number of aliphatic hydroxyl groups excluding tert-OH is 1. The fourth-order valence-corrected chi connectivity index (χ4v) is 5.13. The van der Waals surface area contributed by atoms with Crippen LogP contribution in [0.4, 0.5) is 5.69 Å². The predicted molar refractivity (Wildman–Crippen MR) is 129 cm³/mol. The molecule has 1 aromatic heterocycles. The lowest BCUT2D eigenvalue weighted by atomic mass is 9.97. The first-order valence-electron chi connectivity index (χ1n) is 10.4. The Balaban J connectivity index is 2.02. The van der Waals surface area contributed by atoms with Gasteiger partial charge >= 0.3 is 0 Å². The molecule has 2 aromatic carbocycles. The van der Waals surface area contributed by atoms with E-state index in [9.17, 15) is 14.7 Å². The predicted octanol–water partition coefficient (Wildman–Crippen LogP) is 5.32. The highest BCUT2D eigenvalue weighted by atomic mass is 32.1. The Morgan fingerprint density at radius 3 is 2.15 bits per heavy atom. The van der Waals surface area contributed by atoms with Gasteiger partial charge in [0.2, 0.25) is 0 Å². The van der Waals surface area contributed by atoms with E-state index in [2.05, 4.69) is 0 Å². The van der Waals surface area contributed by atoms with Gasteiger partial charge in [-0.05, 0) is 73.2 Å². The molecule has 0 spiro atoms. The Morgan fingerprint density at radius 2 is 1.61 bits per heavy atom. The van der Waals surface area contributed by atoms with Crippen LogP contribution in [0.1, 0.15) is 33.2 Å². The highest BCUT2D eigenvalue weighted by Gasteiger charge is 2.48. The SMILES string of the molecule is COc1cccc(OC)c1/C(O)=C1\C(=O)C(=O)N(c2ccc(C)c(C)c2)C1c1sccc1C. The molecule has 1 aliphatic heterocycles. The van der Waals surface area contributed by atoms with E-state index in [-0.39, 0.29) is 16.9 Å². The second-order valence-electron chi connectivity index (χ2n) is 7.94. The van der Waals surface area contributed by atoms with Crippen LogP contribution < -0.4 is 14.4 Å². The molecule has 170 valence electrons. The van der Waals surface area contributed by atoms with Gasteiger partial charge in [0.05, 0.1) is 19.8 Å². The second kappa shape index (κ2) is 8.75. The zero-order valence-electron chi connectivity index (χ0n) is 19.1. The third kappa shape index (κ3) is 3.68. The van der Waals surface area contributed by atoms with Crippen LogP contribution in [-0.2, 0) is 9.59 Å². The Hall–Kier alpha value is -3.58. The number of thiophene rings is 1. The highest BCUT2D eigenvalue weighted by Crippen LogP contribution is 2.47. The number of methoxy groups -OCH3 is 2. The van der Waals surface area contributed by atoms with Crippen molar-refractivity contribution < 1.29 is 24.2 Å². The summed E-state index contributed by atoms with van der Waals surface area (Å²) in [6.45, 7) is 5.87. The number of aryl methyl sites for hydroxylation is 3. The number of carbonyl (C=O) groups excluding carboxylic acids is 2. The fourth-order valence-electron chi connectivity index (χ4n) is 4.11. The maximum atomic E-state index is 13.4. The summed E-state index contributed by atoms with van der Waals surface area (Å²) in [6.07, 6.45) is 0. The molecule has 7 heteroatoms. The van der Waals surface area contributed by atoms with E-state index in [1.807, 2.05) is 50.4 Å². The molecule has 0 bridgehead atoms. The topological polar surface area (TPSA) is 76.1 Å². The molecule has 1 fully saturated rings. The van der Waals surface area contributed by atoms with Crippen molar-refractivity contribution in [3.8, 4) is 11.5 Å². The molecule has 1 aliphatic rings. The zero-order valence-corrected chi connectivity index (χ0v) is 19.9. The van der Waals surface area contributed by atoms with Gasteiger partial charge in [-0.2, -0.15) is 0 Å². The number of amides is 1. The van der Waals surface area contributed by atoms with E-state index < -0.39 is 17.7 Å². The number of hydrogen-bond acceptors (Lipinski definition) is 6. The van der Waals surface area contributed by atoms with Crippen LogP contribution in [0, 0.1) is 20.8 Å². The molecule has 0 saturated carbocycles. The molecule has 2 heterocycles. The van der Waals surface area contributed by atoms with Crippen LogP contribution in [-0.4, -0.2) is 31.0 Å². The minimum Gasteiger partial charge on any atom is -0.506 e. The van der Waals surface area contributed by atoms with Crippen LogP contribution in [0.3, 0.4) is 0 Å². The largest absolute Gasteiger partial charge is 0.506 e. The van der Waals surface area contributed by atoms with Crippen molar-refractivity contribution in [1.82, 2.24) is 0 Å². The molecular weight excluding hydrogens is 438 g/mol. The molecule has 3 aromatic rings. The maximum Gasteiger partial charge on any atom is 0.300 e. The number of Topliss-reactive ketones (excluding diaryl/α,β-unsaturated/α-hetero) is 1. The van der Waals surface area contributed by atoms with Gasteiger partial charge in [-0.1, -0.05) is 12.1 Å². The zero-order chi connectivity index (χ0) is 23.9. The number of aliphatic hydroxyl groups is 1.